The van der Waals surface area contributed by atoms with Gasteiger partial charge in [-0.05, 0) is 188 Å². The van der Waals surface area contributed by atoms with E-state index in [2.05, 4.69) is 413 Å². The summed E-state index contributed by atoms with van der Waals surface area (Å²) in [5.74, 6) is 0. The Morgan fingerprint density at radius 1 is 0.126 bits per heavy atom. The van der Waals surface area contributed by atoms with Crippen molar-refractivity contribution in [2.75, 3.05) is 0 Å². The maximum absolute atomic E-state index is 2.47. The third-order valence-electron chi connectivity index (χ3n) is 24.3. The van der Waals surface area contributed by atoms with Gasteiger partial charge in [-0.2, -0.15) is 0 Å². The van der Waals surface area contributed by atoms with E-state index >= 15 is 0 Å². The minimum absolute atomic E-state index is 0.806. The van der Waals surface area contributed by atoms with Gasteiger partial charge in [-0.15, -0.1) is 0 Å². The van der Waals surface area contributed by atoms with Gasteiger partial charge < -0.3 is 36.5 Å². The van der Waals surface area contributed by atoms with Crippen LogP contribution in [0.2, 0.25) is 0 Å². The Kier molecular flexibility index (Phi) is 12.4. The maximum Gasteiger partial charge on any atom is 0.0542 e. The predicted molar refractivity (Wildman–Crippen MR) is 465 cm³/mol. The van der Waals surface area contributed by atoms with Gasteiger partial charge in [0, 0.05) is 144 Å². The SMILES string of the molecule is c1ccc(Cn2c3ccccc3c3cc(-n4c5ccccc5c5cc(-n6c7ccccc7c7cc(-n8c9ccccc9c9cc(-n%10c%11ccccc%11c%11cc(-n%12c%13ccccc%13c%13cc(-n%14c%15ccccc%15c%15cc(-n%16c%17ccccc%17c%17ccccc%17%16)ccc%15%14)ccc%13%12)ccc%11%10)ccc98)ccc76)ccc54)ccc32)cc1. The lowest BCUT2D eigenvalue weighted by Gasteiger charge is -2.13. The number of para-hydroxylation sites is 9. The van der Waals surface area contributed by atoms with Crippen LogP contribution in [0.5, 0.6) is 0 Å². The van der Waals surface area contributed by atoms with E-state index in [1.54, 1.807) is 0 Å². The number of aromatic nitrogens is 8. The molecule has 25 aromatic rings. The molecule has 0 aliphatic rings. The van der Waals surface area contributed by atoms with Gasteiger partial charge in [-0.1, -0.05) is 194 Å². The van der Waals surface area contributed by atoms with Gasteiger partial charge in [0.25, 0.3) is 0 Å². The van der Waals surface area contributed by atoms with Gasteiger partial charge in [0.1, 0.15) is 0 Å². The summed E-state index contributed by atoms with van der Waals surface area (Å²) in [4.78, 5) is 0. The molecule has 516 valence electrons. The first-order valence-corrected chi connectivity index (χ1v) is 38.3. The first-order valence-electron chi connectivity index (χ1n) is 38.3. The van der Waals surface area contributed by atoms with Crippen molar-refractivity contribution in [2.24, 2.45) is 0 Å². The second-order valence-corrected chi connectivity index (χ2v) is 30.0. The monoisotopic (exact) mass is 1410 g/mol. The highest BCUT2D eigenvalue weighted by molar-refractivity contribution is 6.19. The van der Waals surface area contributed by atoms with Crippen LogP contribution in [0.15, 0.2) is 376 Å². The zero-order valence-corrected chi connectivity index (χ0v) is 60.1. The molecule has 0 radical (unpaired) electrons. The average molecular weight is 1410 g/mol. The summed E-state index contributed by atoms with van der Waals surface area (Å²) >= 11 is 0. The van der Waals surface area contributed by atoms with E-state index in [0.29, 0.717) is 0 Å². The third-order valence-corrected chi connectivity index (χ3v) is 24.3. The number of hydrogen-bond donors (Lipinski definition) is 0. The van der Waals surface area contributed by atoms with E-state index in [1.165, 1.54) is 147 Å². The molecule has 0 aliphatic carbocycles. The lowest BCUT2D eigenvalue weighted by molar-refractivity contribution is 0.869. The molecule has 0 fully saturated rings. The van der Waals surface area contributed by atoms with Gasteiger partial charge in [0.05, 0.1) is 77.2 Å². The Morgan fingerprint density at radius 3 is 0.514 bits per heavy atom. The summed E-state index contributed by atoms with van der Waals surface area (Å²) < 4.78 is 19.7. The van der Waals surface area contributed by atoms with Crippen molar-refractivity contribution >= 4 is 174 Å². The Morgan fingerprint density at radius 2 is 0.279 bits per heavy atom. The molecule has 0 bridgehead atoms. The van der Waals surface area contributed by atoms with E-state index in [4.69, 9.17) is 0 Å². The highest BCUT2D eigenvalue weighted by Crippen LogP contribution is 2.45. The molecule has 0 N–H and O–H groups in total. The molecule has 0 spiro atoms. The molecule has 0 unspecified atom stereocenters. The minimum Gasteiger partial charge on any atom is -0.336 e. The van der Waals surface area contributed by atoms with Crippen LogP contribution in [0.4, 0.5) is 0 Å². The molecular formula is C103H64N8. The lowest BCUT2D eigenvalue weighted by atomic mass is 10.1. The molecule has 8 aromatic heterocycles. The van der Waals surface area contributed by atoms with Crippen molar-refractivity contribution in [3.63, 3.8) is 0 Å². The highest BCUT2D eigenvalue weighted by atomic mass is 15.1. The third kappa shape index (κ3) is 8.53. The fraction of sp³-hybridized carbons (Fsp3) is 0.00971. The smallest absolute Gasteiger partial charge is 0.0542 e. The normalized spacial score (nSPS) is 12.4. The predicted octanol–water partition coefficient (Wildman–Crippen LogP) is 26.5. The summed E-state index contributed by atoms with van der Waals surface area (Å²) in [7, 11) is 0. The van der Waals surface area contributed by atoms with Crippen LogP contribution in [0.25, 0.3) is 214 Å². The van der Waals surface area contributed by atoms with Crippen LogP contribution < -0.4 is 0 Å². The number of rotatable bonds is 9. The molecule has 17 aromatic carbocycles. The molecule has 8 nitrogen and oxygen atoms in total. The van der Waals surface area contributed by atoms with Crippen molar-refractivity contribution in [3.8, 4) is 39.8 Å². The second kappa shape index (κ2) is 22.8. The van der Waals surface area contributed by atoms with E-state index < -0.39 is 0 Å². The molecule has 0 atom stereocenters. The first kappa shape index (κ1) is 60.3. The molecule has 111 heavy (non-hydrogen) atoms. The summed E-state index contributed by atoms with van der Waals surface area (Å²) in [6.45, 7) is 0.806. The fourth-order valence-corrected chi connectivity index (χ4v) is 19.6. The molecule has 25 rings (SSSR count). The largest absolute Gasteiger partial charge is 0.336 e. The summed E-state index contributed by atoms with van der Waals surface area (Å²) in [6, 6.07) is 140. The molecule has 0 aliphatic heterocycles. The first-order chi connectivity index (χ1) is 55.1. The van der Waals surface area contributed by atoms with Crippen molar-refractivity contribution in [2.45, 2.75) is 6.54 Å². The number of hydrogen-bond acceptors (Lipinski definition) is 0. The van der Waals surface area contributed by atoms with E-state index in [9.17, 15) is 0 Å². The Balaban J connectivity index is 0.585. The molecule has 8 heterocycles. The zero-order valence-electron chi connectivity index (χ0n) is 60.1. The van der Waals surface area contributed by atoms with E-state index in [-0.39, 0.29) is 0 Å². The fourth-order valence-electron chi connectivity index (χ4n) is 19.6. The standard InChI is InChI=1S/C103H64N8/c1-2-22-64(23-3-1)63-104-88-33-13-4-26-74(88)81-56-65(42-49-89(81)104)106-92-36-16-7-28-76(92)83-58-67(44-51-98(83)106)108-94-38-18-9-30-78(94)85-60-69(46-53-100(85)108)110-96-40-20-11-32-80(96)87-62-71(48-55-102(87)110)111-97-41-21-12-31-79(97)86-61-70(47-54-103(86)111)109-95-39-19-10-29-77(95)84-59-68(45-52-101(84)109)107-93-37-17-8-27-75(93)82-57-66(43-50-99(82)107)105-90-34-14-5-24-72(90)73-25-6-15-35-91(73)105/h1-62H,63H2. The molecule has 8 heteroatoms. The van der Waals surface area contributed by atoms with Crippen molar-refractivity contribution in [1.82, 2.24) is 36.5 Å². The highest BCUT2D eigenvalue weighted by Gasteiger charge is 2.25. The molecule has 0 amide bonds. The van der Waals surface area contributed by atoms with E-state index in [1.807, 2.05) is 0 Å². The Hall–Kier alpha value is -14.9. The average Bonchev–Trinajstić information content (AvgIpc) is 2.18. The Bertz CT molecular complexity index is 8270. The lowest BCUT2D eigenvalue weighted by Crippen LogP contribution is -1.99. The summed E-state index contributed by atoms with van der Waals surface area (Å²) in [5, 5.41) is 19.6. The molecule has 0 saturated carbocycles. The van der Waals surface area contributed by atoms with Crippen LogP contribution in [-0.4, -0.2) is 36.5 Å². The molecular weight excluding hydrogens is 1350 g/mol. The summed E-state index contributed by atoms with van der Waals surface area (Å²) in [6.07, 6.45) is 0. The maximum atomic E-state index is 2.47. The molecule has 0 saturated heterocycles. The van der Waals surface area contributed by atoms with Crippen molar-refractivity contribution < 1.29 is 0 Å². The Labute approximate surface area is 635 Å². The number of nitrogens with zero attached hydrogens (tertiary/aromatic N) is 8. The topological polar surface area (TPSA) is 39.4 Å². The van der Waals surface area contributed by atoms with E-state index in [0.717, 1.165) is 79.5 Å². The van der Waals surface area contributed by atoms with Crippen LogP contribution in [0.3, 0.4) is 0 Å². The van der Waals surface area contributed by atoms with Crippen LogP contribution in [0.1, 0.15) is 5.56 Å². The van der Waals surface area contributed by atoms with Crippen molar-refractivity contribution in [1.29, 1.82) is 0 Å². The summed E-state index contributed by atoms with van der Waals surface area (Å²) in [5.41, 5.74) is 28.1. The van der Waals surface area contributed by atoms with Gasteiger partial charge in [-0.3, -0.25) is 0 Å². The second-order valence-electron chi connectivity index (χ2n) is 30.0. The van der Waals surface area contributed by atoms with Gasteiger partial charge in [0.15, 0.2) is 0 Å². The van der Waals surface area contributed by atoms with Crippen LogP contribution >= 0.6 is 0 Å². The van der Waals surface area contributed by atoms with Gasteiger partial charge in [-0.25, -0.2) is 0 Å². The zero-order chi connectivity index (χ0) is 72.3. The van der Waals surface area contributed by atoms with Crippen molar-refractivity contribution in [3.05, 3.63) is 382 Å². The van der Waals surface area contributed by atoms with Gasteiger partial charge in [0.2, 0.25) is 0 Å². The minimum atomic E-state index is 0.806. The quantitative estimate of drug-likeness (QED) is 0.138. The van der Waals surface area contributed by atoms with Crippen LogP contribution in [0, 0.1) is 0 Å². The number of benzene rings is 17. The van der Waals surface area contributed by atoms with Gasteiger partial charge >= 0.3 is 0 Å². The number of fused-ring (bicyclic) bond motifs is 24. The van der Waals surface area contributed by atoms with Crippen LogP contribution in [-0.2, 0) is 6.54 Å².